The summed E-state index contributed by atoms with van der Waals surface area (Å²) in [6.07, 6.45) is 0. The van der Waals surface area contributed by atoms with Gasteiger partial charge in [-0.25, -0.2) is 0 Å². The van der Waals surface area contributed by atoms with Crippen LogP contribution >= 0.6 is 15.9 Å². The van der Waals surface area contributed by atoms with E-state index in [9.17, 15) is 0 Å². The van der Waals surface area contributed by atoms with Crippen LogP contribution in [0, 0.1) is 20.8 Å². The molecule has 0 aliphatic heterocycles. The van der Waals surface area contributed by atoms with Gasteiger partial charge in [-0.1, -0.05) is 46.3 Å². The molecule has 2 aromatic carbocycles. The molecule has 0 fully saturated rings. The fraction of sp³-hybridized carbons (Fsp3) is 0.333. The van der Waals surface area contributed by atoms with Crippen molar-refractivity contribution in [3.8, 4) is 0 Å². The van der Waals surface area contributed by atoms with Gasteiger partial charge in [0.25, 0.3) is 0 Å². The Morgan fingerprint density at radius 1 is 1.00 bits per heavy atom. The molecule has 20 heavy (non-hydrogen) atoms. The van der Waals surface area contributed by atoms with Gasteiger partial charge >= 0.3 is 0 Å². The molecule has 0 saturated heterocycles. The van der Waals surface area contributed by atoms with Gasteiger partial charge in [-0.15, -0.1) is 0 Å². The summed E-state index contributed by atoms with van der Waals surface area (Å²) in [6, 6.07) is 13.3. The van der Waals surface area contributed by atoms with Crippen LogP contribution in [0.4, 0.5) is 0 Å². The van der Waals surface area contributed by atoms with Crippen molar-refractivity contribution in [3.63, 3.8) is 0 Å². The van der Waals surface area contributed by atoms with E-state index in [0.717, 1.165) is 11.0 Å². The van der Waals surface area contributed by atoms with Crippen molar-refractivity contribution in [2.45, 2.75) is 40.3 Å². The Bertz CT molecular complexity index is 604. The minimum atomic E-state index is 0.326. The first kappa shape index (κ1) is 15.3. The molecule has 1 atom stereocenters. The van der Waals surface area contributed by atoms with Crippen molar-refractivity contribution in [1.29, 1.82) is 0 Å². The maximum absolute atomic E-state index is 3.62. The highest BCUT2D eigenvalue weighted by atomic mass is 79.9. The van der Waals surface area contributed by atoms with Crippen molar-refractivity contribution >= 4 is 15.9 Å². The van der Waals surface area contributed by atoms with Crippen LogP contribution in [0.1, 0.15) is 40.8 Å². The van der Waals surface area contributed by atoms with Crippen LogP contribution in [0.25, 0.3) is 0 Å². The first-order valence-corrected chi connectivity index (χ1v) is 7.83. The van der Waals surface area contributed by atoms with E-state index >= 15 is 0 Å². The van der Waals surface area contributed by atoms with Gasteiger partial charge in [0.15, 0.2) is 0 Å². The first-order chi connectivity index (χ1) is 9.49. The third-order valence-corrected chi connectivity index (χ3v) is 4.64. The van der Waals surface area contributed by atoms with Crippen molar-refractivity contribution in [1.82, 2.24) is 5.32 Å². The molecule has 0 bridgehead atoms. The van der Waals surface area contributed by atoms with E-state index in [1.165, 1.54) is 27.8 Å². The molecule has 0 aliphatic rings. The maximum Gasteiger partial charge on any atom is 0.0306 e. The van der Waals surface area contributed by atoms with Crippen molar-refractivity contribution in [3.05, 3.63) is 68.7 Å². The maximum atomic E-state index is 3.62. The number of hydrogen-bond acceptors (Lipinski definition) is 1. The summed E-state index contributed by atoms with van der Waals surface area (Å²) < 4.78 is 1.16. The van der Waals surface area contributed by atoms with E-state index in [4.69, 9.17) is 0 Å². The molecule has 106 valence electrons. The van der Waals surface area contributed by atoms with Crippen LogP contribution in [0.15, 0.2) is 40.9 Å². The fourth-order valence-corrected chi connectivity index (χ4v) is 3.04. The number of halogens is 1. The molecule has 0 spiro atoms. The van der Waals surface area contributed by atoms with Gasteiger partial charge in [-0.2, -0.15) is 0 Å². The highest BCUT2D eigenvalue weighted by Gasteiger charge is 2.09. The molecule has 2 aromatic rings. The number of hydrogen-bond donors (Lipinski definition) is 1. The summed E-state index contributed by atoms with van der Waals surface area (Å²) in [5.41, 5.74) is 6.77. The zero-order chi connectivity index (χ0) is 14.7. The molecule has 2 heteroatoms. The second kappa shape index (κ2) is 6.55. The van der Waals surface area contributed by atoms with Crippen LogP contribution in [-0.2, 0) is 6.54 Å². The predicted molar refractivity (Wildman–Crippen MR) is 90.0 cm³/mol. The minimum Gasteiger partial charge on any atom is -0.306 e. The second-order valence-electron chi connectivity index (χ2n) is 5.49. The van der Waals surface area contributed by atoms with Gasteiger partial charge in [0.2, 0.25) is 0 Å². The Kier molecular flexibility index (Phi) is 5.00. The second-order valence-corrected chi connectivity index (χ2v) is 6.34. The third kappa shape index (κ3) is 3.50. The van der Waals surface area contributed by atoms with Gasteiger partial charge in [-0.3, -0.25) is 0 Å². The Morgan fingerprint density at radius 2 is 1.65 bits per heavy atom. The summed E-state index contributed by atoms with van der Waals surface area (Å²) in [7, 11) is 0. The van der Waals surface area contributed by atoms with E-state index < -0.39 is 0 Å². The predicted octanol–water partition coefficient (Wildman–Crippen LogP) is 5.23. The van der Waals surface area contributed by atoms with Crippen LogP contribution in [0.2, 0.25) is 0 Å². The lowest BCUT2D eigenvalue weighted by Gasteiger charge is -2.17. The van der Waals surface area contributed by atoms with Crippen molar-refractivity contribution in [2.75, 3.05) is 0 Å². The van der Waals surface area contributed by atoms with Crippen molar-refractivity contribution in [2.24, 2.45) is 0 Å². The number of aryl methyl sites for hydroxylation is 3. The lowest BCUT2D eigenvalue weighted by Crippen LogP contribution is -2.19. The molecule has 1 unspecified atom stereocenters. The number of rotatable bonds is 4. The van der Waals surface area contributed by atoms with E-state index in [1.807, 2.05) is 6.07 Å². The fourth-order valence-electron chi connectivity index (χ4n) is 2.41. The van der Waals surface area contributed by atoms with E-state index in [2.05, 4.69) is 79.3 Å². The largest absolute Gasteiger partial charge is 0.306 e. The number of nitrogens with one attached hydrogen (secondary N) is 1. The van der Waals surface area contributed by atoms with Gasteiger partial charge in [-0.05, 0) is 61.6 Å². The smallest absolute Gasteiger partial charge is 0.0306 e. The third-order valence-electron chi connectivity index (χ3n) is 3.92. The molecular formula is C18H22BrN. The summed E-state index contributed by atoms with van der Waals surface area (Å²) in [5, 5.41) is 3.61. The lowest BCUT2D eigenvalue weighted by atomic mass is 10.0. The molecular weight excluding hydrogens is 310 g/mol. The SMILES string of the molecule is Cc1cc(C)c(CNC(C)c2ccccc2Br)cc1C. The molecule has 0 aliphatic carbocycles. The molecule has 0 heterocycles. The summed E-state index contributed by atoms with van der Waals surface area (Å²) in [5.74, 6) is 0. The molecule has 2 rings (SSSR count). The minimum absolute atomic E-state index is 0.326. The summed E-state index contributed by atoms with van der Waals surface area (Å²) >= 11 is 3.62. The van der Waals surface area contributed by atoms with Crippen LogP contribution < -0.4 is 5.32 Å². The Labute approximate surface area is 130 Å². The zero-order valence-electron chi connectivity index (χ0n) is 12.6. The first-order valence-electron chi connectivity index (χ1n) is 7.03. The quantitative estimate of drug-likeness (QED) is 0.809. The Balaban J connectivity index is 2.09. The molecule has 0 radical (unpaired) electrons. The lowest BCUT2D eigenvalue weighted by molar-refractivity contribution is 0.571. The number of benzene rings is 2. The Hall–Kier alpha value is -1.12. The normalized spacial score (nSPS) is 12.4. The van der Waals surface area contributed by atoms with E-state index in [1.54, 1.807) is 0 Å². The van der Waals surface area contributed by atoms with E-state index in [-0.39, 0.29) is 0 Å². The van der Waals surface area contributed by atoms with Gasteiger partial charge < -0.3 is 5.32 Å². The molecule has 0 aromatic heterocycles. The average molecular weight is 332 g/mol. The van der Waals surface area contributed by atoms with Crippen molar-refractivity contribution < 1.29 is 0 Å². The van der Waals surface area contributed by atoms with Crippen LogP contribution in [0.5, 0.6) is 0 Å². The molecule has 1 nitrogen and oxygen atoms in total. The van der Waals surface area contributed by atoms with Gasteiger partial charge in [0.05, 0.1) is 0 Å². The zero-order valence-corrected chi connectivity index (χ0v) is 14.2. The highest BCUT2D eigenvalue weighted by Crippen LogP contribution is 2.23. The average Bonchev–Trinajstić information content (AvgIpc) is 2.41. The topological polar surface area (TPSA) is 12.0 Å². The monoisotopic (exact) mass is 331 g/mol. The van der Waals surface area contributed by atoms with Crippen LogP contribution in [0.3, 0.4) is 0 Å². The molecule has 0 amide bonds. The van der Waals surface area contributed by atoms with Gasteiger partial charge in [0, 0.05) is 17.1 Å². The summed E-state index contributed by atoms with van der Waals surface area (Å²) in [6.45, 7) is 9.64. The standard InChI is InChI=1S/C18H22BrN/c1-12-9-14(3)16(10-13(12)2)11-20-15(4)17-7-5-6-8-18(17)19/h5-10,15,20H,11H2,1-4H3. The summed E-state index contributed by atoms with van der Waals surface area (Å²) in [4.78, 5) is 0. The molecule has 1 N–H and O–H groups in total. The van der Waals surface area contributed by atoms with Crippen LogP contribution in [-0.4, -0.2) is 0 Å². The highest BCUT2D eigenvalue weighted by molar-refractivity contribution is 9.10. The molecule has 0 saturated carbocycles. The van der Waals surface area contributed by atoms with E-state index in [0.29, 0.717) is 6.04 Å². The Morgan fingerprint density at radius 3 is 2.35 bits per heavy atom. The van der Waals surface area contributed by atoms with Gasteiger partial charge in [0.1, 0.15) is 0 Å².